The van der Waals surface area contributed by atoms with Gasteiger partial charge in [0.2, 0.25) is 0 Å². The molecular weight excluding hydrogens is 581 g/mol. The standard InChI is InChI=1S/C46H40N2/c1-46(2,3)39-25-32-44(33-26-39)47(40-14-6-4-7-15-40)42-27-20-35(21-28-42)18-19-36-22-29-43(30-23-36)48(41-16-8-5-9-17-41)45-31-24-37-12-10-11-13-38(37)34-45/h4-34H,1-3H3. The first kappa shape index (κ1) is 30.8. The minimum absolute atomic E-state index is 0.114. The number of fused-ring (bicyclic) bond motifs is 1. The Morgan fingerprint density at radius 3 is 1.21 bits per heavy atom. The van der Waals surface area contributed by atoms with E-state index in [9.17, 15) is 0 Å². The van der Waals surface area contributed by atoms with Crippen LogP contribution in [0.25, 0.3) is 22.9 Å². The van der Waals surface area contributed by atoms with Crippen molar-refractivity contribution in [1.82, 2.24) is 0 Å². The Kier molecular flexibility index (Phi) is 8.64. The molecule has 0 aliphatic carbocycles. The number of benzene rings is 7. The summed E-state index contributed by atoms with van der Waals surface area (Å²) in [5.41, 5.74) is 10.5. The van der Waals surface area contributed by atoms with E-state index in [4.69, 9.17) is 0 Å². The maximum Gasteiger partial charge on any atom is 0.0468 e. The monoisotopic (exact) mass is 620 g/mol. The summed E-state index contributed by atoms with van der Waals surface area (Å²) in [6.07, 6.45) is 4.37. The molecule has 0 aliphatic rings. The van der Waals surface area contributed by atoms with Gasteiger partial charge in [-0.2, -0.15) is 0 Å². The zero-order valence-corrected chi connectivity index (χ0v) is 27.8. The van der Waals surface area contributed by atoms with Crippen LogP contribution in [0.2, 0.25) is 0 Å². The van der Waals surface area contributed by atoms with Crippen LogP contribution in [-0.4, -0.2) is 0 Å². The first-order chi connectivity index (χ1) is 23.4. The molecule has 234 valence electrons. The van der Waals surface area contributed by atoms with Gasteiger partial charge in [0.15, 0.2) is 0 Å². The zero-order chi connectivity index (χ0) is 32.9. The summed E-state index contributed by atoms with van der Waals surface area (Å²) in [6.45, 7) is 6.76. The molecule has 7 aromatic rings. The summed E-state index contributed by atoms with van der Waals surface area (Å²) in [6, 6.07) is 62.8. The van der Waals surface area contributed by atoms with Crippen molar-refractivity contribution in [1.29, 1.82) is 0 Å². The Morgan fingerprint density at radius 2 is 0.729 bits per heavy atom. The normalized spacial score (nSPS) is 11.6. The van der Waals surface area contributed by atoms with Gasteiger partial charge in [-0.1, -0.05) is 136 Å². The summed E-state index contributed by atoms with van der Waals surface area (Å²) >= 11 is 0. The van der Waals surface area contributed by atoms with Crippen LogP contribution in [0.5, 0.6) is 0 Å². The van der Waals surface area contributed by atoms with Gasteiger partial charge >= 0.3 is 0 Å². The number of hydrogen-bond acceptors (Lipinski definition) is 2. The molecule has 7 aromatic carbocycles. The highest BCUT2D eigenvalue weighted by Crippen LogP contribution is 2.37. The molecule has 0 N–H and O–H groups in total. The molecule has 0 saturated carbocycles. The molecule has 0 aromatic heterocycles. The minimum Gasteiger partial charge on any atom is -0.311 e. The van der Waals surface area contributed by atoms with Crippen molar-refractivity contribution in [2.45, 2.75) is 26.2 Å². The van der Waals surface area contributed by atoms with E-state index in [-0.39, 0.29) is 5.41 Å². The van der Waals surface area contributed by atoms with Gasteiger partial charge in [0, 0.05) is 34.1 Å². The third kappa shape index (κ3) is 6.79. The molecule has 0 bridgehead atoms. The van der Waals surface area contributed by atoms with Crippen molar-refractivity contribution in [2.75, 3.05) is 9.80 Å². The quantitative estimate of drug-likeness (QED) is 0.156. The second kappa shape index (κ2) is 13.5. The first-order valence-electron chi connectivity index (χ1n) is 16.6. The molecule has 0 atom stereocenters. The van der Waals surface area contributed by atoms with Gasteiger partial charge in [-0.15, -0.1) is 0 Å². The largest absolute Gasteiger partial charge is 0.311 e. The molecule has 0 unspecified atom stereocenters. The van der Waals surface area contributed by atoms with Crippen LogP contribution in [0.4, 0.5) is 34.1 Å². The van der Waals surface area contributed by atoms with E-state index in [0.29, 0.717) is 0 Å². The fraction of sp³-hybridized carbons (Fsp3) is 0.0870. The van der Waals surface area contributed by atoms with Crippen LogP contribution in [0.15, 0.2) is 176 Å². The molecule has 7 rings (SSSR count). The Bertz CT molecular complexity index is 2120. The first-order valence-corrected chi connectivity index (χ1v) is 16.6. The van der Waals surface area contributed by atoms with E-state index in [1.165, 1.54) is 16.3 Å². The van der Waals surface area contributed by atoms with Crippen molar-refractivity contribution < 1.29 is 0 Å². The van der Waals surface area contributed by atoms with Gasteiger partial charge in [0.1, 0.15) is 0 Å². The number of rotatable bonds is 8. The molecule has 0 spiro atoms. The van der Waals surface area contributed by atoms with E-state index in [1.54, 1.807) is 0 Å². The van der Waals surface area contributed by atoms with Gasteiger partial charge in [-0.25, -0.2) is 0 Å². The van der Waals surface area contributed by atoms with Gasteiger partial charge in [0.05, 0.1) is 0 Å². The van der Waals surface area contributed by atoms with Crippen LogP contribution in [-0.2, 0) is 5.41 Å². The lowest BCUT2D eigenvalue weighted by Gasteiger charge is -2.27. The van der Waals surface area contributed by atoms with E-state index >= 15 is 0 Å². The molecule has 48 heavy (non-hydrogen) atoms. The van der Waals surface area contributed by atoms with E-state index in [1.807, 2.05) is 0 Å². The minimum atomic E-state index is 0.114. The van der Waals surface area contributed by atoms with Gasteiger partial charge in [0.25, 0.3) is 0 Å². The Hall–Kier alpha value is -5.86. The van der Waals surface area contributed by atoms with E-state index < -0.39 is 0 Å². The second-order valence-corrected chi connectivity index (χ2v) is 13.2. The highest BCUT2D eigenvalue weighted by Gasteiger charge is 2.16. The van der Waals surface area contributed by atoms with Crippen molar-refractivity contribution in [2.24, 2.45) is 0 Å². The molecule has 2 nitrogen and oxygen atoms in total. The van der Waals surface area contributed by atoms with Gasteiger partial charge < -0.3 is 9.80 Å². The predicted octanol–water partition coefficient (Wildman–Crippen LogP) is 13.2. The average molecular weight is 621 g/mol. The average Bonchev–Trinajstić information content (AvgIpc) is 3.13. The molecule has 0 heterocycles. The van der Waals surface area contributed by atoms with Crippen LogP contribution in [0.3, 0.4) is 0 Å². The smallest absolute Gasteiger partial charge is 0.0468 e. The Labute approximate surface area is 284 Å². The fourth-order valence-electron chi connectivity index (χ4n) is 6.14. The SMILES string of the molecule is CC(C)(C)c1ccc(N(c2ccccc2)c2ccc(C=Cc3ccc(N(c4ccccc4)c4ccc5ccccc5c4)cc3)cc2)cc1. The summed E-state index contributed by atoms with van der Waals surface area (Å²) in [5, 5.41) is 2.47. The van der Waals surface area contributed by atoms with Crippen molar-refractivity contribution in [3.8, 4) is 0 Å². The summed E-state index contributed by atoms with van der Waals surface area (Å²) < 4.78 is 0. The van der Waals surface area contributed by atoms with Gasteiger partial charge in [-0.3, -0.25) is 0 Å². The van der Waals surface area contributed by atoms with Crippen molar-refractivity contribution in [3.05, 3.63) is 193 Å². The zero-order valence-electron chi connectivity index (χ0n) is 27.8. The molecule has 0 radical (unpaired) electrons. The molecular formula is C46H40N2. The van der Waals surface area contributed by atoms with Gasteiger partial charge in [-0.05, 0) is 106 Å². The van der Waals surface area contributed by atoms with Crippen LogP contribution in [0.1, 0.15) is 37.5 Å². The number of hydrogen-bond donors (Lipinski definition) is 0. The van der Waals surface area contributed by atoms with Crippen LogP contribution < -0.4 is 9.80 Å². The third-order valence-electron chi connectivity index (χ3n) is 8.78. The Morgan fingerprint density at radius 1 is 0.354 bits per heavy atom. The Balaban J connectivity index is 1.13. The van der Waals surface area contributed by atoms with E-state index in [2.05, 4.69) is 219 Å². The lowest BCUT2D eigenvalue weighted by atomic mass is 9.87. The number of anilines is 6. The van der Waals surface area contributed by atoms with Crippen molar-refractivity contribution in [3.63, 3.8) is 0 Å². The molecule has 2 heteroatoms. The predicted molar refractivity (Wildman–Crippen MR) is 207 cm³/mol. The molecule has 0 aliphatic heterocycles. The topological polar surface area (TPSA) is 6.48 Å². The van der Waals surface area contributed by atoms with Crippen LogP contribution in [0, 0.1) is 0 Å². The maximum atomic E-state index is 2.31. The number of nitrogens with zero attached hydrogens (tertiary/aromatic N) is 2. The number of para-hydroxylation sites is 2. The highest BCUT2D eigenvalue weighted by molar-refractivity contribution is 5.89. The van der Waals surface area contributed by atoms with E-state index in [0.717, 1.165) is 45.3 Å². The summed E-state index contributed by atoms with van der Waals surface area (Å²) in [7, 11) is 0. The molecule has 0 saturated heterocycles. The van der Waals surface area contributed by atoms with Crippen molar-refractivity contribution >= 4 is 57.0 Å². The lowest BCUT2D eigenvalue weighted by Crippen LogP contribution is -2.13. The molecule has 0 fully saturated rings. The molecule has 0 amide bonds. The maximum absolute atomic E-state index is 2.31. The third-order valence-corrected chi connectivity index (χ3v) is 8.78. The van der Waals surface area contributed by atoms with Crippen LogP contribution >= 0.6 is 0 Å². The summed E-state index contributed by atoms with van der Waals surface area (Å²) in [4.78, 5) is 4.63. The lowest BCUT2D eigenvalue weighted by molar-refractivity contribution is 0.590. The fourth-order valence-corrected chi connectivity index (χ4v) is 6.14. The second-order valence-electron chi connectivity index (χ2n) is 13.2. The summed E-state index contributed by atoms with van der Waals surface area (Å²) in [5.74, 6) is 0. The highest BCUT2D eigenvalue weighted by atomic mass is 15.1.